The highest BCUT2D eigenvalue weighted by Gasteiger charge is 2.55. The van der Waals surface area contributed by atoms with Crippen LogP contribution in [0.1, 0.15) is 26.2 Å². The minimum absolute atomic E-state index is 0.0975. The Labute approximate surface area is 167 Å². The van der Waals surface area contributed by atoms with E-state index < -0.39 is 0 Å². The predicted molar refractivity (Wildman–Crippen MR) is 106 cm³/mol. The fourth-order valence-corrected chi connectivity index (χ4v) is 5.88. The van der Waals surface area contributed by atoms with Gasteiger partial charge in [-0.05, 0) is 61.0 Å². The Bertz CT molecular complexity index is 685. The van der Waals surface area contributed by atoms with Gasteiger partial charge >= 0.3 is 0 Å². The molecule has 6 heteroatoms. The number of piperidine rings is 1. The molecule has 3 aliphatic heterocycles. The molecular formula is C22H33N3O3. The topological polar surface area (TPSA) is 76.8 Å². The minimum Gasteiger partial charge on any atom is -0.398 e. The van der Waals surface area contributed by atoms with E-state index in [1.165, 1.54) is 32.5 Å². The summed E-state index contributed by atoms with van der Waals surface area (Å²) in [6.07, 6.45) is 5.11. The lowest BCUT2D eigenvalue weighted by molar-refractivity contribution is -0.126. The van der Waals surface area contributed by atoms with Crippen molar-refractivity contribution in [2.24, 2.45) is 35.3 Å². The van der Waals surface area contributed by atoms with Crippen LogP contribution >= 0.6 is 0 Å². The summed E-state index contributed by atoms with van der Waals surface area (Å²) in [7, 11) is 0. The number of nitrogens with one attached hydrogen (secondary N) is 1. The molecule has 6 nitrogen and oxygen atoms in total. The number of nitrogens with zero attached hydrogens (tertiary/aromatic N) is 1. The highest BCUT2D eigenvalue weighted by atomic mass is 16.5. The number of likely N-dealkylation sites (tertiary alicyclic amines) is 1. The number of allylic oxidation sites excluding steroid dienone is 1. The van der Waals surface area contributed by atoms with Gasteiger partial charge in [-0.1, -0.05) is 6.08 Å². The second-order valence-corrected chi connectivity index (χ2v) is 9.37. The number of carbonyl (C=O) groups is 1. The fraction of sp³-hybridized carbons (Fsp3) is 0.773. The van der Waals surface area contributed by atoms with Crippen molar-refractivity contribution < 1.29 is 14.3 Å². The Kier molecular flexibility index (Phi) is 4.97. The zero-order valence-corrected chi connectivity index (χ0v) is 16.9. The molecule has 0 aromatic heterocycles. The van der Waals surface area contributed by atoms with Gasteiger partial charge in [-0.15, -0.1) is 0 Å². The summed E-state index contributed by atoms with van der Waals surface area (Å²) in [6, 6.07) is 0. The lowest BCUT2D eigenvalue weighted by Gasteiger charge is -2.28. The number of hydrogen-bond acceptors (Lipinski definition) is 5. The number of ether oxygens (including phenoxy) is 2. The van der Waals surface area contributed by atoms with Crippen molar-refractivity contribution in [1.82, 2.24) is 10.2 Å². The van der Waals surface area contributed by atoms with E-state index in [1.807, 2.05) is 13.0 Å². The molecule has 5 rings (SSSR count). The van der Waals surface area contributed by atoms with Gasteiger partial charge in [0.05, 0.1) is 18.6 Å². The van der Waals surface area contributed by atoms with Crippen LogP contribution in [0, 0.1) is 29.6 Å². The molecule has 5 aliphatic rings. The van der Waals surface area contributed by atoms with Crippen LogP contribution in [0.15, 0.2) is 22.9 Å². The monoisotopic (exact) mass is 387 g/mol. The van der Waals surface area contributed by atoms with Crippen molar-refractivity contribution in [3.63, 3.8) is 0 Å². The first kappa shape index (κ1) is 18.6. The van der Waals surface area contributed by atoms with E-state index in [9.17, 15) is 4.79 Å². The molecule has 0 spiro atoms. The number of carbonyl (C=O) groups excluding carboxylic acids is 1. The standard InChI is InChI=1S/C22H33N3O3/c1-13-8-16(21-15(20(13)23)4-7-28-21)22(26)24-9-17-18-11-25(12-19(17)18)10-14-2-5-27-6-3-14/h8,14,16-19,21H,2-7,9-12,23H2,1H3,(H,24,26). The van der Waals surface area contributed by atoms with Crippen LogP contribution in [-0.4, -0.2) is 62.9 Å². The highest BCUT2D eigenvalue weighted by Crippen LogP contribution is 2.51. The molecule has 4 unspecified atom stereocenters. The summed E-state index contributed by atoms with van der Waals surface area (Å²) in [6.45, 7) is 8.99. The lowest BCUT2D eigenvalue weighted by atomic mass is 9.85. The second-order valence-electron chi connectivity index (χ2n) is 9.37. The molecule has 1 amide bonds. The maximum absolute atomic E-state index is 12.9. The van der Waals surface area contributed by atoms with Gasteiger partial charge in [0.1, 0.15) is 0 Å². The Morgan fingerprint density at radius 3 is 2.75 bits per heavy atom. The zero-order chi connectivity index (χ0) is 19.3. The third-order valence-corrected chi connectivity index (χ3v) is 7.66. The Morgan fingerprint density at radius 2 is 2.00 bits per heavy atom. The average molecular weight is 388 g/mol. The molecule has 2 aliphatic carbocycles. The molecule has 3 saturated heterocycles. The zero-order valence-electron chi connectivity index (χ0n) is 16.9. The van der Waals surface area contributed by atoms with Gasteiger partial charge in [0.2, 0.25) is 5.91 Å². The Balaban J connectivity index is 1.09. The summed E-state index contributed by atoms with van der Waals surface area (Å²) < 4.78 is 11.3. The normalized spacial score (nSPS) is 38.2. The van der Waals surface area contributed by atoms with Crippen molar-refractivity contribution in [1.29, 1.82) is 0 Å². The van der Waals surface area contributed by atoms with Crippen LogP contribution in [0.3, 0.4) is 0 Å². The van der Waals surface area contributed by atoms with Crippen LogP contribution < -0.4 is 11.1 Å². The summed E-state index contributed by atoms with van der Waals surface area (Å²) in [4.78, 5) is 15.5. The number of rotatable bonds is 5. The first-order valence-corrected chi connectivity index (χ1v) is 11.0. The SMILES string of the molecule is CC1=CC(C(=O)NCC2C3CN(CC4CCOCC4)CC23)C2OCCC2=C1N. The van der Waals surface area contributed by atoms with Crippen molar-refractivity contribution in [3.05, 3.63) is 22.9 Å². The van der Waals surface area contributed by atoms with Crippen LogP contribution in [0.5, 0.6) is 0 Å². The van der Waals surface area contributed by atoms with Crippen molar-refractivity contribution in [2.45, 2.75) is 32.3 Å². The predicted octanol–water partition coefficient (Wildman–Crippen LogP) is 1.28. The molecule has 154 valence electrons. The summed E-state index contributed by atoms with van der Waals surface area (Å²) in [5, 5.41) is 3.23. The quantitative estimate of drug-likeness (QED) is 0.743. The smallest absolute Gasteiger partial charge is 0.229 e. The van der Waals surface area contributed by atoms with E-state index in [1.54, 1.807) is 0 Å². The van der Waals surface area contributed by atoms with E-state index in [4.69, 9.17) is 15.2 Å². The maximum atomic E-state index is 12.9. The molecule has 3 N–H and O–H groups in total. The molecule has 0 aromatic rings. The largest absolute Gasteiger partial charge is 0.398 e. The first-order valence-electron chi connectivity index (χ1n) is 11.0. The van der Waals surface area contributed by atoms with E-state index in [-0.39, 0.29) is 17.9 Å². The number of amides is 1. The van der Waals surface area contributed by atoms with Crippen LogP contribution in [0.2, 0.25) is 0 Å². The Morgan fingerprint density at radius 1 is 1.25 bits per heavy atom. The van der Waals surface area contributed by atoms with Crippen LogP contribution in [-0.2, 0) is 14.3 Å². The van der Waals surface area contributed by atoms with Crippen molar-refractivity contribution >= 4 is 5.91 Å². The van der Waals surface area contributed by atoms with Gasteiger partial charge in [0.25, 0.3) is 0 Å². The molecule has 0 aromatic carbocycles. The van der Waals surface area contributed by atoms with Crippen LogP contribution in [0.25, 0.3) is 0 Å². The van der Waals surface area contributed by atoms with E-state index in [2.05, 4.69) is 10.2 Å². The summed E-state index contributed by atoms with van der Waals surface area (Å²) in [5.74, 6) is 2.89. The van der Waals surface area contributed by atoms with Gasteiger partial charge in [-0.3, -0.25) is 4.79 Å². The van der Waals surface area contributed by atoms with E-state index in [0.717, 1.165) is 60.8 Å². The van der Waals surface area contributed by atoms with Crippen LogP contribution in [0.4, 0.5) is 0 Å². The van der Waals surface area contributed by atoms with Gasteiger partial charge in [-0.2, -0.15) is 0 Å². The molecular weight excluding hydrogens is 354 g/mol. The minimum atomic E-state index is -0.228. The van der Waals surface area contributed by atoms with E-state index in [0.29, 0.717) is 12.5 Å². The highest BCUT2D eigenvalue weighted by molar-refractivity contribution is 5.82. The summed E-state index contributed by atoms with van der Waals surface area (Å²) >= 11 is 0. The maximum Gasteiger partial charge on any atom is 0.229 e. The molecule has 1 saturated carbocycles. The second kappa shape index (κ2) is 7.47. The van der Waals surface area contributed by atoms with Gasteiger partial charge in [0.15, 0.2) is 0 Å². The lowest BCUT2D eigenvalue weighted by Crippen LogP contribution is -2.41. The average Bonchev–Trinajstić information content (AvgIpc) is 3.07. The number of hydrogen-bond donors (Lipinski definition) is 2. The van der Waals surface area contributed by atoms with E-state index >= 15 is 0 Å². The molecule has 4 atom stereocenters. The van der Waals surface area contributed by atoms with Gasteiger partial charge in [0, 0.05) is 45.1 Å². The van der Waals surface area contributed by atoms with Gasteiger partial charge < -0.3 is 25.4 Å². The Hall–Kier alpha value is -1.37. The molecule has 0 bridgehead atoms. The summed E-state index contributed by atoms with van der Waals surface area (Å²) in [5.41, 5.74) is 9.15. The molecule has 28 heavy (non-hydrogen) atoms. The first-order chi connectivity index (χ1) is 13.6. The van der Waals surface area contributed by atoms with Gasteiger partial charge in [-0.25, -0.2) is 0 Å². The van der Waals surface area contributed by atoms with Crippen molar-refractivity contribution in [3.8, 4) is 0 Å². The third-order valence-electron chi connectivity index (χ3n) is 7.66. The molecule has 4 fully saturated rings. The molecule has 0 radical (unpaired) electrons. The molecule has 3 heterocycles. The van der Waals surface area contributed by atoms with Crippen molar-refractivity contribution in [2.75, 3.05) is 46.0 Å². The number of fused-ring (bicyclic) bond motifs is 2. The third kappa shape index (κ3) is 3.40. The fourth-order valence-electron chi connectivity index (χ4n) is 5.88. The number of nitrogens with two attached hydrogens (primary N) is 1.